The molecule has 0 saturated heterocycles. The molecule has 0 fully saturated rings. The first-order valence-electron chi connectivity index (χ1n) is 8.39. The van der Waals surface area contributed by atoms with Gasteiger partial charge in [0.2, 0.25) is 0 Å². The fraction of sp³-hybridized carbons (Fsp3) is 0.444. The van der Waals surface area contributed by atoms with Gasteiger partial charge in [0, 0.05) is 43.3 Å². The summed E-state index contributed by atoms with van der Waals surface area (Å²) in [6, 6.07) is 7.87. The molecule has 1 aromatic heterocycles. The van der Waals surface area contributed by atoms with E-state index in [1.54, 1.807) is 18.4 Å². The van der Waals surface area contributed by atoms with Crippen LogP contribution >= 0.6 is 11.3 Å². The third-order valence-corrected chi connectivity index (χ3v) is 4.35. The predicted octanol–water partition coefficient (Wildman–Crippen LogP) is 3.44. The molecule has 0 bridgehead atoms. The van der Waals surface area contributed by atoms with Crippen LogP contribution in [0.3, 0.4) is 0 Å². The van der Waals surface area contributed by atoms with Crippen molar-refractivity contribution < 1.29 is 9.47 Å². The number of hydrogen-bond donors (Lipinski definition) is 2. The quantitative estimate of drug-likeness (QED) is 0.406. The summed E-state index contributed by atoms with van der Waals surface area (Å²) in [5.41, 5.74) is 3.83. The minimum absolute atomic E-state index is 0.610. The standard InChI is InChI=1S/C18H26N4O2S/c1-4-19-18(20-12-17-14(2)21-13-25-17)22-15-7-5-8-16(11-15)24-10-6-9-23-3/h5,7-8,11,13H,4,6,9-10,12H2,1-3H3,(H2,19,20,22). The monoisotopic (exact) mass is 362 g/mol. The van der Waals surface area contributed by atoms with E-state index in [4.69, 9.17) is 9.47 Å². The van der Waals surface area contributed by atoms with Crippen molar-refractivity contribution in [3.05, 3.63) is 40.3 Å². The fourth-order valence-electron chi connectivity index (χ4n) is 2.13. The van der Waals surface area contributed by atoms with Crippen LogP contribution in [0.5, 0.6) is 5.75 Å². The van der Waals surface area contributed by atoms with Gasteiger partial charge in [-0.05, 0) is 26.0 Å². The lowest BCUT2D eigenvalue weighted by molar-refractivity contribution is 0.172. The van der Waals surface area contributed by atoms with Crippen LogP contribution in [0.15, 0.2) is 34.8 Å². The molecule has 2 N–H and O–H groups in total. The van der Waals surface area contributed by atoms with E-state index in [9.17, 15) is 0 Å². The molecule has 1 aromatic carbocycles. The van der Waals surface area contributed by atoms with Gasteiger partial charge >= 0.3 is 0 Å². The van der Waals surface area contributed by atoms with Crippen molar-refractivity contribution in [1.29, 1.82) is 0 Å². The van der Waals surface area contributed by atoms with Crippen LogP contribution in [0.1, 0.15) is 23.9 Å². The number of aryl methyl sites for hydroxylation is 1. The molecule has 0 aliphatic heterocycles. The summed E-state index contributed by atoms with van der Waals surface area (Å²) in [7, 11) is 1.69. The molecule has 1 heterocycles. The summed E-state index contributed by atoms with van der Waals surface area (Å²) < 4.78 is 10.8. The molecule has 136 valence electrons. The van der Waals surface area contributed by atoms with Gasteiger partial charge in [0.25, 0.3) is 0 Å². The average molecular weight is 362 g/mol. The van der Waals surface area contributed by atoms with E-state index in [1.807, 2.05) is 43.6 Å². The zero-order valence-electron chi connectivity index (χ0n) is 15.0. The van der Waals surface area contributed by atoms with E-state index in [2.05, 4.69) is 20.6 Å². The van der Waals surface area contributed by atoms with E-state index in [0.717, 1.165) is 36.1 Å². The Balaban J connectivity index is 1.97. The maximum absolute atomic E-state index is 5.74. The first kappa shape index (κ1) is 19.2. The second-order valence-corrected chi connectivity index (χ2v) is 6.34. The molecule has 0 atom stereocenters. The molecular weight excluding hydrogens is 336 g/mol. The SMILES string of the molecule is CCNC(=NCc1scnc1C)Nc1cccc(OCCCOC)c1. The highest BCUT2D eigenvalue weighted by atomic mass is 32.1. The Morgan fingerprint density at radius 2 is 2.20 bits per heavy atom. The smallest absolute Gasteiger partial charge is 0.196 e. The molecule has 0 spiro atoms. The molecule has 2 aromatic rings. The fourth-order valence-corrected chi connectivity index (χ4v) is 2.83. The first-order chi connectivity index (χ1) is 12.2. The summed E-state index contributed by atoms with van der Waals surface area (Å²) in [6.45, 7) is 6.79. The Morgan fingerprint density at radius 1 is 1.32 bits per heavy atom. The number of aromatic nitrogens is 1. The Kier molecular flexibility index (Phi) is 8.21. The Bertz CT molecular complexity index is 673. The molecular formula is C18H26N4O2S. The lowest BCUT2D eigenvalue weighted by Gasteiger charge is -2.13. The van der Waals surface area contributed by atoms with Crippen molar-refractivity contribution >= 4 is 23.0 Å². The number of guanidine groups is 1. The minimum Gasteiger partial charge on any atom is -0.493 e. The van der Waals surface area contributed by atoms with Crippen LogP contribution in [0.4, 0.5) is 5.69 Å². The maximum Gasteiger partial charge on any atom is 0.196 e. The van der Waals surface area contributed by atoms with Crippen molar-refractivity contribution in [1.82, 2.24) is 10.3 Å². The van der Waals surface area contributed by atoms with Crippen LogP contribution in [0, 0.1) is 6.92 Å². The summed E-state index contributed by atoms with van der Waals surface area (Å²) >= 11 is 1.63. The topological polar surface area (TPSA) is 67.8 Å². The van der Waals surface area contributed by atoms with Crippen LogP contribution in [-0.2, 0) is 11.3 Å². The van der Waals surface area contributed by atoms with Crippen LogP contribution in [-0.4, -0.2) is 37.8 Å². The molecule has 7 heteroatoms. The molecule has 2 rings (SSSR count). The number of aliphatic imine (C=N–C) groups is 1. The highest BCUT2D eigenvalue weighted by molar-refractivity contribution is 7.09. The zero-order chi connectivity index (χ0) is 17.9. The van der Waals surface area contributed by atoms with E-state index in [-0.39, 0.29) is 0 Å². The summed E-state index contributed by atoms with van der Waals surface area (Å²) in [4.78, 5) is 10.1. The number of nitrogens with zero attached hydrogens (tertiary/aromatic N) is 2. The van der Waals surface area contributed by atoms with Gasteiger partial charge in [-0.25, -0.2) is 9.98 Å². The van der Waals surface area contributed by atoms with Crippen LogP contribution in [0.25, 0.3) is 0 Å². The van der Waals surface area contributed by atoms with Crippen molar-refractivity contribution in [2.45, 2.75) is 26.8 Å². The van der Waals surface area contributed by atoms with Crippen molar-refractivity contribution in [3.8, 4) is 5.75 Å². The third kappa shape index (κ3) is 6.72. The summed E-state index contributed by atoms with van der Waals surface area (Å²) in [6.07, 6.45) is 0.868. The lowest BCUT2D eigenvalue weighted by atomic mass is 10.3. The predicted molar refractivity (Wildman–Crippen MR) is 104 cm³/mol. The zero-order valence-corrected chi connectivity index (χ0v) is 15.9. The number of rotatable bonds is 9. The van der Waals surface area contributed by atoms with E-state index in [1.165, 1.54) is 4.88 Å². The average Bonchev–Trinajstić information content (AvgIpc) is 3.02. The van der Waals surface area contributed by atoms with Gasteiger partial charge in [0.05, 0.1) is 24.4 Å². The van der Waals surface area contributed by atoms with Crippen molar-refractivity contribution in [3.63, 3.8) is 0 Å². The van der Waals surface area contributed by atoms with Gasteiger partial charge in [0.1, 0.15) is 5.75 Å². The Morgan fingerprint density at radius 3 is 2.92 bits per heavy atom. The first-order valence-corrected chi connectivity index (χ1v) is 9.27. The number of methoxy groups -OCH3 is 1. The number of benzene rings is 1. The van der Waals surface area contributed by atoms with Crippen LogP contribution < -0.4 is 15.4 Å². The Hall–Kier alpha value is -2.12. The molecule has 6 nitrogen and oxygen atoms in total. The second-order valence-electron chi connectivity index (χ2n) is 5.40. The van der Waals surface area contributed by atoms with Gasteiger partial charge < -0.3 is 20.1 Å². The normalized spacial score (nSPS) is 11.4. The van der Waals surface area contributed by atoms with Gasteiger partial charge in [0.15, 0.2) is 5.96 Å². The number of thiazole rings is 1. The van der Waals surface area contributed by atoms with Gasteiger partial charge in [-0.15, -0.1) is 11.3 Å². The second kappa shape index (κ2) is 10.7. The highest BCUT2D eigenvalue weighted by Gasteiger charge is 2.04. The largest absolute Gasteiger partial charge is 0.493 e. The molecule has 0 saturated carbocycles. The van der Waals surface area contributed by atoms with Gasteiger partial charge in [-0.2, -0.15) is 0 Å². The molecule has 0 aliphatic rings. The van der Waals surface area contributed by atoms with Gasteiger partial charge in [-0.1, -0.05) is 6.07 Å². The summed E-state index contributed by atoms with van der Waals surface area (Å²) in [5.74, 6) is 1.57. The molecule has 0 aliphatic carbocycles. The number of ether oxygens (including phenoxy) is 2. The van der Waals surface area contributed by atoms with Crippen LogP contribution in [0.2, 0.25) is 0 Å². The van der Waals surface area contributed by atoms with Crippen molar-refractivity contribution in [2.24, 2.45) is 4.99 Å². The lowest BCUT2D eigenvalue weighted by Crippen LogP contribution is -2.30. The van der Waals surface area contributed by atoms with E-state index >= 15 is 0 Å². The number of nitrogens with one attached hydrogen (secondary N) is 2. The molecule has 25 heavy (non-hydrogen) atoms. The number of anilines is 1. The number of hydrogen-bond acceptors (Lipinski definition) is 5. The van der Waals surface area contributed by atoms with E-state index < -0.39 is 0 Å². The third-order valence-electron chi connectivity index (χ3n) is 3.43. The molecule has 0 amide bonds. The highest BCUT2D eigenvalue weighted by Crippen LogP contribution is 2.18. The van der Waals surface area contributed by atoms with Crippen molar-refractivity contribution in [2.75, 3.05) is 32.2 Å². The maximum atomic E-state index is 5.74. The summed E-state index contributed by atoms with van der Waals surface area (Å²) in [5, 5.41) is 6.58. The molecule has 0 radical (unpaired) electrons. The minimum atomic E-state index is 0.610. The van der Waals surface area contributed by atoms with Gasteiger partial charge in [-0.3, -0.25) is 0 Å². The van der Waals surface area contributed by atoms with E-state index in [0.29, 0.717) is 19.8 Å². The Labute approximate surface area is 153 Å². The molecule has 0 unspecified atom stereocenters.